The van der Waals surface area contributed by atoms with Gasteiger partial charge >= 0.3 is 11.7 Å². The number of aromatic nitrogens is 1. The van der Waals surface area contributed by atoms with Crippen molar-refractivity contribution in [2.24, 2.45) is 0 Å². The third-order valence-electron chi connectivity index (χ3n) is 0.619. The fourth-order valence-electron chi connectivity index (χ4n) is 0.232. The van der Waals surface area contributed by atoms with E-state index in [9.17, 15) is 9.59 Å². The van der Waals surface area contributed by atoms with E-state index in [-0.39, 0.29) is 0 Å². The summed E-state index contributed by atoms with van der Waals surface area (Å²) in [5.74, 6) is -1.39. The molecular weight excluding hydrogens is 150 g/mol. The van der Waals surface area contributed by atoms with Crippen molar-refractivity contribution in [3.05, 3.63) is 35.7 Å². The second-order valence-electron chi connectivity index (χ2n) is 1.39. The van der Waals surface area contributed by atoms with E-state index in [4.69, 9.17) is 5.11 Å². The lowest BCUT2D eigenvalue weighted by Crippen LogP contribution is -1.91. The highest BCUT2D eigenvalue weighted by Gasteiger charge is 1.73. The fraction of sp³-hybridized carbons (Fsp3) is 0. The fourth-order valence-corrected chi connectivity index (χ4v) is 0.232. The van der Waals surface area contributed by atoms with E-state index < -0.39 is 11.7 Å². The summed E-state index contributed by atoms with van der Waals surface area (Å²) < 4.78 is 4.22. The lowest BCUT2D eigenvalue weighted by molar-refractivity contribution is -0.131. The molecule has 0 unspecified atom stereocenters. The molecule has 60 valence electrons. The summed E-state index contributed by atoms with van der Waals surface area (Å²) in [5, 5.41) is 7.60. The minimum atomic E-state index is -0.981. The molecule has 5 nitrogen and oxygen atoms in total. The molecule has 0 radical (unpaired) electrons. The summed E-state index contributed by atoms with van der Waals surface area (Å²) in [4.78, 5) is 21.4. The maximum atomic E-state index is 9.85. The number of hydrogen-bond donors (Lipinski definition) is 2. The molecule has 0 aliphatic heterocycles. The molecule has 5 heteroatoms. The SMILES string of the molecule is C=CC(=O)O.O=c1[nH]cco1. The molecule has 0 amide bonds. The summed E-state index contributed by atoms with van der Waals surface area (Å²) >= 11 is 0. The van der Waals surface area contributed by atoms with Gasteiger partial charge in [-0.1, -0.05) is 6.58 Å². The number of aliphatic carboxylic acids is 1. The second-order valence-corrected chi connectivity index (χ2v) is 1.39. The minimum Gasteiger partial charge on any atom is -0.478 e. The molecule has 0 atom stereocenters. The first-order chi connectivity index (χ1) is 5.16. The van der Waals surface area contributed by atoms with Gasteiger partial charge in [0.05, 0.1) is 0 Å². The largest absolute Gasteiger partial charge is 0.478 e. The topological polar surface area (TPSA) is 83.3 Å². The van der Waals surface area contributed by atoms with Gasteiger partial charge in [0, 0.05) is 12.3 Å². The number of aromatic amines is 1. The molecule has 0 aliphatic carbocycles. The van der Waals surface area contributed by atoms with Crippen LogP contribution in [0.5, 0.6) is 0 Å². The van der Waals surface area contributed by atoms with Crippen LogP contribution in [-0.4, -0.2) is 16.1 Å². The third-order valence-corrected chi connectivity index (χ3v) is 0.619. The normalized spacial score (nSPS) is 7.64. The van der Waals surface area contributed by atoms with E-state index >= 15 is 0 Å². The molecular formula is C6H7NO4. The van der Waals surface area contributed by atoms with Gasteiger partial charge < -0.3 is 9.52 Å². The number of carboxylic acid groups (broad SMARTS) is 1. The van der Waals surface area contributed by atoms with Gasteiger partial charge in [-0.2, -0.15) is 0 Å². The predicted octanol–water partition coefficient (Wildman–Crippen LogP) is 0.225. The first-order valence-electron chi connectivity index (χ1n) is 2.64. The van der Waals surface area contributed by atoms with Gasteiger partial charge in [0.1, 0.15) is 6.26 Å². The van der Waals surface area contributed by atoms with Crippen molar-refractivity contribution in [2.75, 3.05) is 0 Å². The Morgan fingerprint density at radius 2 is 2.36 bits per heavy atom. The summed E-state index contributed by atoms with van der Waals surface area (Å²) in [5.41, 5.74) is 0. The van der Waals surface area contributed by atoms with Gasteiger partial charge in [0.2, 0.25) is 0 Å². The maximum Gasteiger partial charge on any atom is 0.416 e. The molecule has 11 heavy (non-hydrogen) atoms. The lowest BCUT2D eigenvalue weighted by Gasteiger charge is -1.64. The van der Waals surface area contributed by atoms with E-state index in [0.29, 0.717) is 0 Å². The number of oxazole rings is 1. The van der Waals surface area contributed by atoms with E-state index in [1.54, 1.807) is 0 Å². The van der Waals surface area contributed by atoms with E-state index in [0.717, 1.165) is 6.08 Å². The zero-order chi connectivity index (χ0) is 8.69. The molecule has 1 rings (SSSR count). The Morgan fingerprint density at radius 1 is 1.82 bits per heavy atom. The number of carbonyl (C=O) groups is 1. The van der Waals surface area contributed by atoms with Crippen LogP contribution >= 0.6 is 0 Å². The molecule has 0 spiro atoms. The number of H-pyrrole nitrogens is 1. The van der Waals surface area contributed by atoms with E-state index in [2.05, 4.69) is 16.0 Å². The number of hydrogen-bond acceptors (Lipinski definition) is 3. The number of rotatable bonds is 1. The first kappa shape index (κ1) is 9.22. The van der Waals surface area contributed by atoms with Crippen LogP contribution in [0.25, 0.3) is 0 Å². The lowest BCUT2D eigenvalue weighted by atomic mass is 10.7. The molecule has 0 aromatic carbocycles. The van der Waals surface area contributed by atoms with Crippen molar-refractivity contribution < 1.29 is 14.3 Å². The highest BCUT2D eigenvalue weighted by atomic mass is 16.4. The van der Waals surface area contributed by atoms with Crippen LogP contribution in [-0.2, 0) is 4.79 Å². The van der Waals surface area contributed by atoms with Crippen molar-refractivity contribution in [1.29, 1.82) is 0 Å². The van der Waals surface area contributed by atoms with Crippen LogP contribution in [0.4, 0.5) is 0 Å². The summed E-state index contributed by atoms with van der Waals surface area (Å²) in [6, 6.07) is 0. The first-order valence-corrected chi connectivity index (χ1v) is 2.64. The highest BCUT2D eigenvalue weighted by molar-refractivity contribution is 5.78. The number of carboxylic acids is 1. The van der Waals surface area contributed by atoms with Gasteiger partial charge in [0.15, 0.2) is 0 Å². The Kier molecular flexibility index (Phi) is 4.22. The molecule has 1 heterocycles. The van der Waals surface area contributed by atoms with Crippen molar-refractivity contribution in [1.82, 2.24) is 4.98 Å². The van der Waals surface area contributed by atoms with Gasteiger partial charge in [-0.15, -0.1) is 0 Å². The zero-order valence-corrected chi connectivity index (χ0v) is 5.61. The van der Waals surface area contributed by atoms with E-state index in [1.807, 2.05) is 0 Å². The minimum absolute atomic E-state index is 0.407. The average molecular weight is 157 g/mol. The molecule has 0 saturated heterocycles. The second kappa shape index (κ2) is 5.04. The standard InChI is InChI=1S/C3H3NO2.C3H4O2/c5-3-4-1-2-6-3;1-2-3(4)5/h1-2H,(H,4,5);2H,1H2,(H,4,5). The van der Waals surface area contributed by atoms with E-state index in [1.165, 1.54) is 12.5 Å². The van der Waals surface area contributed by atoms with Crippen molar-refractivity contribution >= 4 is 5.97 Å². The zero-order valence-electron chi connectivity index (χ0n) is 5.61. The van der Waals surface area contributed by atoms with Crippen LogP contribution in [0.3, 0.4) is 0 Å². The molecule has 1 aromatic heterocycles. The molecule has 0 aliphatic rings. The molecule has 1 aromatic rings. The third kappa shape index (κ3) is 6.10. The Labute approximate surface area is 62.0 Å². The van der Waals surface area contributed by atoms with Crippen LogP contribution in [0, 0.1) is 0 Å². The van der Waals surface area contributed by atoms with Gasteiger partial charge in [-0.05, 0) is 0 Å². The number of nitrogens with one attached hydrogen (secondary N) is 1. The van der Waals surface area contributed by atoms with Gasteiger partial charge in [0.25, 0.3) is 0 Å². The van der Waals surface area contributed by atoms with Crippen molar-refractivity contribution in [3.63, 3.8) is 0 Å². The summed E-state index contributed by atoms with van der Waals surface area (Å²) in [6.45, 7) is 2.96. The van der Waals surface area contributed by atoms with Crippen LogP contribution in [0.1, 0.15) is 0 Å². The Hall–Kier alpha value is -1.78. The maximum absolute atomic E-state index is 9.85. The van der Waals surface area contributed by atoms with Crippen molar-refractivity contribution in [2.45, 2.75) is 0 Å². The van der Waals surface area contributed by atoms with Crippen molar-refractivity contribution in [3.8, 4) is 0 Å². The Morgan fingerprint density at radius 3 is 2.45 bits per heavy atom. The van der Waals surface area contributed by atoms with Crippen LogP contribution < -0.4 is 5.76 Å². The van der Waals surface area contributed by atoms with Crippen LogP contribution in [0.15, 0.2) is 34.3 Å². The molecule has 0 saturated carbocycles. The molecule has 2 N–H and O–H groups in total. The predicted molar refractivity (Wildman–Crippen MR) is 37.2 cm³/mol. The summed E-state index contributed by atoms with van der Waals surface area (Å²) in [7, 11) is 0. The van der Waals surface area contributed by atoms with Gasteiger partial charge in [-0.25, -0.2) is 9.59 Å². The summed E-state index contributed by atoms with van der Waals surface area (Å²) in [6.07, 6.45) is 3.56. The Balaban J connectivity index is 0.000000187. The average Bonchev–Trinajstić information content (AvgIpc) is 2.41. The highest BCUT2D eigenvalue weighted by Crippen LogP contribution is 1.62. The monoisotopic (exact) mass is 157 g/mol. The smallest absolute Gasteiger partial charge is 0.416 e. The quantitative estimate of drug-likeness (QED) is 0.571. The molecule has 0 bridgehead atoms. The van der Waals surface area contributed by atoms with Crippen LogP contribution in [0.2, 0.25) is 0 Å². The Bertz CT molecular complexity index is 255. The van der Waals surface area contributed by atoms with Gasteiger partial charge in [-0.3, -0.25) is 4.98 Å². The molecule has 0 fully saturated rings.